The monoisotopic (exact) mass is 731 g/mol. The van der Waals surface area contributed by atoms with Gasteiger partial charge in [0.2, 0.25) is 5.91 Å². The molecule has 0 aromatic carbocycles. The summed E-state index contributed by atoms with van der Waals surface area (Å²) in [4.78, 5) is 22.6. The summed E-state index contributed by atoms with van der Waals surface area (Å²) in [6.45, 7) is 3.90. The number of allylic oxidation sites excluding steroid dienone is 3. The van der Waals surface area contributed by atoms with Crippen LogP contribution in [-0.2, 0) is 18.4 Å². The van der Waals surface area contributed by atoms with Gasteiger partial charge >= 0.3 is 7.82 Å². The minimum atomic E-state index is -4.39. The molecule has 0 radical (unpaired) electrons. The van der Waals surface area contributed by atoms with Crippen LogP contribution < -0.4 is 11.1 Å². The van der Waals surface area contributed by atoms with Crippen LogP contribution in [0.25, 0.3) is 0 Å². The molecule has 0 spiro atoms. The van der Waals surface area contributed by atoms with E-state index in [0.717, 1.165) is 44.9 Å². The van der Waals surface area contributed by atoms with E-state index in [-0.39, 0.29) is 19.6 Å². The predicted molar refractivity (Wildman–Crippen MR) is 209 cm³/mol. The quantitative estimate of drug-likeness (QED) is 0.0239. The third-order valence-electron chi connectivity index (χ3n) is 9.08. The Morgan fingerprint density at radius 1 is 0.680 bits per heavy atom. The van der Waals surface area contributed by atoms with Crippen LogP contribution in [0.5, 0.6) is 0 Å². The van der Waals surface area contributed by atoms with Gasteiger partial charge in [-0.1, -0.05) is 167 Å². The maximum Gasteiger partial charge on any atom is 0.472 e. The summed E-state index contributed by atoms with van der Waals surface area (Å²) in [6, 6.07) is -0.985. The number of aliphatic hydroxyl groups is 2. The largest absolute Gasteiger partial charge is 0.472 e. The summed E-state index contributed by atoms with van der Waals surface area (Å²) >= 11 is 0. The molecular weight excluding hydrogens is 651 g/mol. The third kappa shape index (κ3) is 34.0. The summed E-state index contributed by atoms with van der Waals surface area (Å²) in [5, 5.41) is 23.9. The maximum atomic E-state index is 12.7. The summed E-state index contributed by atoms with van der Waals surface area (Å²) in [5.41, 5.74) is 5.35. The van der Waals surface area contributed by atoms with E-state index in [4.69, 9.17) is 14.8 Å². The molecule has 10 heteroatoms. The SMILES string of the molecule is CCCC/C=C\CCCCC(O)CC(=O)NC(COP(=O)(O)OCCN)C(O)/C=C/CCCCCCCCCCCCCCCCCCCC. The standard InChI is InChI=1S/C40H79N2O7P/c1-3-5-7-9-11-13-14-15-16-17-18-19-20-21-22-23-24-26-28-30-32-39(44)38(36-49-50(46,47)48-34-33-41)42-40(45)35-37(43)31-29-27-25-12-10-8-6-4-2/h10,12,30,32,37-39,43-44H,3-9,11,13-29,31,33-36,41H2,1-2H3,(H,42,45)(H,46,47)/b12-10-,32-30+. The average Bonchev–Trinajstić information content (AvgIpc) is 3.09. The first-order chi connectivity index (χ1) is 24.3. The maximum absolute atomic E-state index is 12.7. The van der Waals surface area contributed by atoms with E-state index in [1.54, 1.807) is 6.08 Å². The zero-order chi connectivity index (χ0) is 37.0. The Morgan fingerprint density at radius 2 is 1.14 bits per heavy atom. The van der Waals surface area contributed by atoms with Crippen LogP contribution in [-0.4, -0.2) is 59.0 Å². The molecular formula is C40H79N2O7P. The number of nitrogens with one attached hydrogen (secondary N) is 1. The van der Waals surface area contributed by atoms with E-state index in [1.807, 2.05) is 6.08 Å². The molecule has 0 aliphatic rings. The molecule has 0 fully saturated rings. The minimum absolute atomic E-state index is 0.0475. The zero-order valence-electron chi connectivity index (χ0n) is 32.3. The fraction of sp³-hybridized carbons (Fsp3) is 0.875. The smallest absolute Gasteiger partial charge is 0.393 e. The molecule has 296 valence electrons. The lowest BCUT2D eigenvalue weighted by Gasteiger charge is -2.24. The van der Waals surface area contributed by atoms with Gasteiger partial charge in [-0.25, -0.2) is 4.57 Å². The molecule has 50 heavy (non-hydrogen) atoms. The van der Waals surface area contributed by atoms with Gasteiger partial charge in [0.15, 0.2) is 0 Å². The van der Waals surface area contributed by atoms with Gasteiger partial charge < -0.3 is 26.2 Å². The lowest BCUT2D eigenvalue weighted by atomic mass is 10.0. The van der Waals surface area contributed by atoms with E-state index in [1.165, 1.54) is 116 Å². The number of phosphoric ester groups is 1. The van der Waals surface area contributed by atoms with Crippen molar-refractivity contribution in [2.24, 2.45) is 5.73 Å². The molecule has 0 bridgehead atoms. The second-order valence-corrected chi connectivity index (χ2v) is 15.5. The van der Waals surface area contributed by atoms with Crippen LogP contribution in [0.15, 0.2) is 24.3 Å². The van der Waals surface area contributed by atoms with Gasteiger partial charge in [-0.3, -0.25) is 13.8 Å². The Balaban J connectivity index is 4.29. The van der Waals surface area contributed by atoms with Crippen molar-refractivity contribution in [3.8, 4) is 0 Å². The molecule has 4 unspecified atom stereocenters. The van der Waals surface area contributed by atoms with Gasteiger partial charge in [-0.15, -0.1) is 0 Å². The second-order valence-electron chi connectivity index (χ2n) is 14.0. The zero-order valence-corrected chi connectivity index (χ0v) is 33.1. The molecule has 6 N–H and O–H groups in total. The van der Waals surface area contributed by atoms with Gasteiger partial charge in [0.05, 0.1) is 37.9 Å². The average molecular weight is 731 g/mol. The van der Waals surface area contributed by atoms with Crippen molar-refractivity contribution in [2.75, 3.05) is 19.8 Å². The number of amides is 1. The van der Waals surface area contributed by atoms with Crippen molar-refractivity contribution in [2.45, 2.75) is 205 Å². The second kappa shape index (κ2) is 36.3. The van der Waals surface area contributed by atoms with E-state index in [9.17, 15) is 24.5 Å². The first-order valence-electron chi connectivity index (χ1n) is 20.5. The normalized spacial score (nSPS) is 15.1. The highest BCUT2D eigenvalue weighted by Gasteiger charge is 2.27. The Bertz CT molecular complexity index is 858. The highest BCUT2D eigenvalue weighted by atomic mass is 31.2. The number of phosphoric acid groups is 1. The van der Waals surface area contributed by atoms with Gasteiger partial charge in [0.1, 0.15) is 0 Å². The molecule has 0 aliphatic carbocycles. The van der Waals surface area contributed by atoms with Crippen LogP contribution in [0.4, 0.5) is 0 Å². The highest BCUT2D eigenvalue weighted by Crippen LogP contribution is 2.43. The minimum Gasteiger partial charge on any atom is -0.393 e. The fourth-order valence-electron chi connectivity index (χ4n) is 5.92. The van der Waals surface area contributed by atoms with Crippen LogP contribution in [0.1, 0.15) is 187 Å². The molecule has 4 atom stereocenters. The van der Waals surface area contributed by atoms with Crippen molar-refractivity contribution in [3.05, 3.63) is 24.3 Å². The fourth-order valence-corrected chi connectivity index (χ4v) is 6.68. The van der Waals surface area contributed by atoms with Crippen LogP contribution in [0.3, 0.4) is 0 Å². The summed E-state index contributed by atoms with van der Waals surface area (Å²) < 4.78 is 22.0. The van der Waals surface area contributed by atoms with Gasteiger partial charge in [-0.2, -0.15) is 0 Å². The first-order valence-corrected chi connectivity index (χ1v) is 22.0. The Kier molecular flexibility index (Phi) is 35.5. The van der Waals surface area contributed by atoms with Crippen molar-refractivity contribution in [1.29, 1.82) is 0 Å². The number of rotatable bonds is 38. The topological polar surface area (TPSA) is 151 Å². The molecule has 0 saturated heterocycles. The third-order valence-corrected chi connectivity index (χ3v) is 10.1. The summed E-state index contributed by atoms with van der Waals surface area (Å²) in [5.74, 6) is -0.461. The Labute approximate surface area is 307 Å². The molecule has 0 heterocycles. The molecule has 9 nitrogen and oxygen atoms in total. The number of carbonyl (C=O) groups excluding carboxylic acids is 1. The number of carbonyl (C=O) groups is 1. The van der Waals surface area contributed by atoms with Crippen molar-refractivity contribution >= 4 is 13.7 Å². The molecule has 0 aromatic rings. The van der Waals surface area contributed by atoms with E-state index >= 15 is 0 Å². The lowest BCUT2D eigenvalue weighted by Crippen LogP contribution is -2.46. The van der Waals surface area contributed by atoms with Crippen LogP contribution in [0, 0.1) is 0 Å². The van der Waals surface area contributed by atoms with Crippen LogP contribution >= 0.6 is 7.82 Å². The van der Waals surface area contributed by atoms with Gasteiger partial charge in [-0.05, 0) is 38.5 Å². The number of hydrogen-bond donors (Lipinski definition) is 5. The first kappa shape index (κ1) is 48.9. The van der Waals surface area contributed by atoms with E-state index in [2.05, 4.69) is 31.3 Å². The summed E-state index contributed by atoms with van der Waals surface area (Å²) in [6.07, 6.45) is 37.1. The van der Waals surface area contributed by atoms with E-state index < -0.39 is 38.6 Å². The molecule has 0 rings (SSSR count). The van der Waals surface area contributed by atoms with Crippen molar-refractivity contribution < 1.29 is 33.5 Å². The van der Waals surface area contributed by atoms with E-state index in [0.29, 0.717) is 6.42 Å². The Morgan fingerprint density at radius 3 is 1.66 bits per heavy atom. The molecule has 0 saturated carbocycles. The molecule has 0 aromatic heterocycles. The molecule has 1 amide bonds. The number of hydrogen-bond acceptors (Lipinski definition) is 7. The number of aliphatic hydroxyl groups excluding tert-OH is 2. The predicted octanol–water partition coefficient (Wildman–Crippen LogP) is 9.97. The number of nitrogens with two attached hydrogens (primary N) is 1. The van der Waals surface area contributed by atoms with Crippen molar-refractivity contribution in [3.63, 3.8) is 0 Å². The Hall–Kier alpha value is -1.06. The van der Waals surface area contributed by atoms with Gasteiger partial charge in [0.25, 0.3) is 0 Å². The van der Waals surface area contributed by atoms with Crippen LogP contribution in [0.2, 0.25) is 0 Å². The lowest BCUT2D eigenvalue weighted by molar-refractivity contribution is -0.124. The highest BCUT2D eigenvalue weighted by molar-refractivity contribution is 7.47. The van der Waals surface area contributed by atoms with Gasteiger partial charge in [0, 0.05) is 6.54 Å². The number of unbranched alkanes of at least 4 members (excludes halogenated alkanes) is 22. The van der Waals surface area contributed by atoms with Crippen molar-refractivity contribution in [1.82, 2.24) is 5.32 Å². The molecule has 0 aliphatic heterocycles. The summed E-state index contributed by atoms with van der Waals surface area (Å²) in [7, 11) is -4.39.